The molecule has 3 N–H and O–H groups in total. The Labute approximate surface area is 161 Å². The number of Topliss-reactive ketones (excluding diaryl/α,β-unsaturated/α-hetero) is 1. The van der Waals surface area contributed by atoms with Gasteiger partial charge in [-0.2, -0.15) is 0 Å². The van der Waals surface area contributed by atoms with E-state index in [0.717, 1.165) is 25.1 Å². The summed E-state index contributed by atoms with van der Waals surface area (Å²) in [6.07, 6.45) is -4.37. The van der Waals surface area contributed by atoms with Crippen molar-refractivity contribution in [2.45, 2.75) is 70.7 Å². The number of rotatable bonds is 8. The van der Waals surface area contributed by atoms with E-state index >= 15 is 0 Å². The predicted octanol–water partition coefficient (Wildman–Crippen LogP) is 1.15. The van der Waals surface area contributed by atoms with Crippen molar-refractivity contribution in [3.63, 3.8) is 0 Å². The fraction of sp³-hybridized carbons (Fsp3) is 0.667. The summed E-state index contributed by atoms with van der Waals surface area (Å²) in [5.41, 5.74) is 2.14. The topological polar surface area (TPSA) is 90.2 Å². The lowest BCUT2D eigenvalue weighted by atomic mass is 9.90. The Hall–Kier alpha value is -1.31. The molecule has 1 aromatic rings. The standard InChI is InChI=1S/C21H33NO5/c1-13(2)9-10-22(4)12-16-7-5-15(6-8-16)11-17-18(24)19(25)20(26)21(27-17)14(3)23/h5-8,13,17-21,24-26H,9-12H2,1-4H3. The number of hydrogen-bond donors (Lipinski definition) is 3. The molecular weight excluding hydrogens is 346 g/mol. The van der Waals surface area contributed by atoms with Crippen LogP contribution in [0.4, 0.5) is 0 Å². The lowest BCUT2D eigenvalue weighted by molar-refractivity contribution is -0.218. The van der Waals surface area contributed by atoms with Gasteiger partial charge in [-0.05, 0) is 44.0 Å². The summed E-state index contributed by atoms with van der Waals surface area (Å²) in [4.78, 5) is 13.9. The van der Waals surface area contributed by atoms with Gasteiger partial charge in [-0.25, -0.2) is 0 Å². The van der Waals surface area contributed by atoms with E-state index in [9.17, 15) is 20.1 Å². The third kappa shape index (κ3) is 6.09. The summed E-state index contributed by atoms with van der Waals surface area (Å²) in [6.45, 7) is 7.66. The second-order valence-corrected chi connectivity index (χ2v) is 8.12. The molecule has 5 atom stereocenters. The van der Waals surface area contributed by atoms with Crippen LogP contribution in [0.5, 0.6) is 0 Å². The minimum atomic E-state index is -1.41. The van der Waals surface area contributed by atoms with Gasteiger partial charge in [0.05, 0.1) is 6.10 Å². The number of carbonyl (C=O) groups excluding carboxylic acids is 1. The van der Waals surface area contributed by atoms with E-state index in [1.165, 1.54) is 12.5 Å². The van der Waals surface area contributed by atoms with Crippen LogP contribution in [0.3, 0.4) is 0 Å². The zero-order chi connectivity index (χ0) is 20.1. The molecule has 27 heavy (non-hydrogen) atoms. The highest BCUT2D eigenvalue weighted by Crippen LogP contribution is 2.24. The van der Waals surface area contributed by atoms with Crippen molar-refractivity contribution >= 4 is 5.78 Å². The molecule has 1 aliphatic rings. The number of hydrogen-bond acceptors (Lipinski definition) is 6. The molecular formula is C21H33NO5. The molecule has 0 aliphatic carbocycles. The number of carbonyl (C=O) groups is 1. The fourth-order valence-electron chi connectivity index (χ4n) is 3.34. The largest absolute Gasteiger partial charge is 0.388 e. The Kier molecular flexibility index (Phi) is 7.94. The maximum Gasteiger partial charge on any atom is 0.161 e. The van der Waals surface area contributed by atoms with Gasteiger partial charge in [0.1, 0.15) is 24.4 Å². The van der Waals surface area contributed by atoms with Crippen LogP contribution in [0.15, 0.2) is 24.3 Å². The van der Waals surface area contributed by atoms with Crippen molar-refractivity contribution in [1.29, 1.82) is 0 Å². The molecule has 2 rings (SSSR count). The predicted molar refractivity (Wildman–Crippen MR) is 103 cm³/mol. The van der Waals surface area contributed by atoms with Gasteiger partial charge in [0.15, 0.2) is 5.78 Å². The third-order valence-electron chi connectivity index (χ3n) is 5.11. The fourth-order valence-corrected chi connectivity index (χ4v) is 3.34. The van der Waals surface area contributed by atoms with Crippen molar-refractivity contribution in [3.8, 4) is 0 Å². The number of aliphatic hydroxyl groups excluding tert-OH is 3. The Morgan fingerprint density at radius 2 is 1.67 bits per heavy atom. The van der Waals surface area contributed by atoms with Gasteiger partial charge in [-0.1, -0.05) is 38.1 Å². The van der Waals surface area contributed by atoms with Crippen LogP contribution in [0.25, 0.3) is 0 Å². The average molecular weight is 379 g/mol. The van der Waals surface area contributed by atoms with Crippen LogP contribution in [-0.2, 0) is 22.5 Å². The zero-order valence-electron chi connectivity index (χ0n) is 16.7. The van der Waals surface area contributed by atoms with Crippen LogP contribution in [0.2, 0.25) is 0 Å². The minimum Gasteiger partial charge on any atom is -0.388 e. The third-order valence-corrected chi connectivity index (χ3v) is 5.11. The monoisotopic (exact) mass is 379 g/mol. The van der Waals surface area contributed by atoms with E-state index in [-0.39, 0.29) is 5.78 Å². The molecule has 0 amide bonds. The van der Waals surface area contributed by atoms with E-state index in [0.29, 0.717) is 12.3 Å². The maximum absolute atomic E-state index is 11.6. The van der Waals surface area contributed by atoms with E-state index in [2.05, 4.69) is 25.8 Å². The molecule has 1 saturated heterocycles. The van der Waals surface area contributed by atoms with Crippen LogP contribution in [0.1, 0.15) is 38.3 Å². The van der Waals surface area contributed by atoms with Crippen molar-refractivity contribution in [3.05, 3.63) is 35.4 Å². The maximum atomic E-state index is 11.6. The molecule has 6 nitrogen and oxygen atoms in total. The van der Waals surface area contributed by atoms with E-state index in [4.69, 9.17) is 4.74 Å². The number of ketones is 1. The van der Waals surface area contributed by atoms with E-state index in [1.807, 2.05) is 24.3 Å². The van der Waals surface area contributed by atoms with Crippen molar-refractivity contribution in [2.75, 3.05) is 13.6 Å². The summed E-state index contributed by atoms with van der Waals surface area (Å²) in [5, 5.41) is 30.1. The average Bonchev–Trinajstić information content (AvgIpc) is 2.61. The minimum absolute atomic E-state index is 0.359. The van der Waals surface area contributed by atoms with Crippen LogP contribution in [0, 0.1) is 5.92 Å². The molecule has 0 bridgehead atoms. The molecule has 6 heteroatoms. The summed E-state index contributed by atoms with van der Waals surface area (Å²) < 4.78 is 5.58. The first-order valence-corrected chi connectivity index (χ1v) is 9.65. The molecule has 0 saturated carbocycles. The Morgan fingerprint density at radius 3 is 2.22 bits per heavy atom. The molecule has 1 fully saturated rings. The van der Waals surface area contributed by atoms with Crippen molar-refractivity contribution in [1.82, 2.24) is 4.90 Å². The van der Waals surface area contributed by atoms with Gasteiger partial charge < -0.3 is 25.0 Å². The second-order valence-electron chi connectivity index (χ2n) is 8.12. The molecule has 1 aliphatic heterocycles. The summed E-state index contributed by atoms with van der Waals surface area (Å²) >= 11 is 0. The Bertz CT molecular complexity index is 603. The molecule has 5 unspecified atom stereocenters. The number of ether oxygens (including phenoxy) is 1. The summed E-state index contributed by atoms with van der Waals surface area (Å²) in [5.74, 6) is 0.322. The Morgan fingerprint density at radius 1 is 1.07 bits per heavy atom. The molecule has 152 valence electrons. The van der Waals surface area contributed by atoms with Crippen LogP contribution < -0.4 is 0 Å². The molecule has 1 heterocycles. The van der Waals surface area contributed by atoms with Gasteiger partial charge in [0, 0.05) is 13.0 Å². The van der Waals surface area contributed by atoms with Crippen LogP contribution in [-0.4, -0.2) is 70.1 Å². The van der Waals surface area contributed by atoms with E-state index < -0.39 is 30.5 Å². The van der Waals surface area contributed by atoms with Gasteiger partial charge in [0.25, 0.3) is 0 Å². The van der Waals surface area contributed by atoms with Crippen molar-refractivity contribution in [2.24, 2.45) is 5.92 Å². The van der Waals surface area contributed by atoms with Gasteiger partial charge in [-0.3, -0.25) is 4.79 Å². The number of benzene rings is 1. The van der Waals surface area contributed by atoms with E-state index in [1.54, 1.807) is 0 Å². The van der Waals surface area contributed by atoms with Crippen LogP contribution >= 0.6 is 0 Å². The second kappa shape index (κ2) is 9.75. The first kappa shape index (κ1) is 22.0. The quantitative estimate of drug-likeness (QED) is 0.628. The Balaban J connectivity index is 1.96. The summed E-state index contributed by atoms with van der Waals surface area (Å²) in [7, 11) is 2.11. The lowest BCUT2D eigenvalue weighted by Crippen LogP contribution is -2.59. The zero-order valence-corrected chi connectivity index (χ0v) is 16.7. The smallest absolute Gasteiger partial charge is 0.161 e. The lowest BCUT2D eigenvalue weighted by Gasteiger charge is -2.39. The first-order chi connectivity index (χ1) is 12.7. The van der Waals surface area contributed by atoms with Gasteiger partial charge in [0.2, 0.25) is 0 Å². The van der Waals surface area contributed by atoms with Gasteiger partial charge >= 0.3 is 0 Å². The molecule has 0 aromatic heterocycles. The molecule has 1 aromatic carbocycles. The molecule has 0 radical (unpaired) electrons. The first-order valence-electron chi connectivity index (χ1n) is 9.65. The highest BCUT2D eigenvalue weighted by Gasteiger charge is 2.45. The number of aliphatic hydroxyl groups is 3. The van der Waals surface area contributed by atoms with Crippen molar-refractivity contribution < 1.29 is 24.9 Å². The molecule has 0 spiro atoms. The highest BCUT2D eigenvalue weighted by molar-refractivity contribution is 5.81. The van der Waals surface area contributed by atoms with Gasteiger partial charge in [-0.15, -0.1) is 0 Å². The number of nitrogens with zero attached hydrogens (tertiary/aromatic N) is 1. The summed E-state index contributed by atoms with van der Waals surface area (Å²) in [6, 6.07) is 8.04. The SMILES string of the molecule is CC(=O)C1OC(Cc2ccc(CN(C)CCC(C)C)cc2)C(O)C(O)C1O. The normalized spacial score (nSPS) is 28.7. The highest BCUT2D eigenvalue weighted by atomic mass is 16.5.